The van der Waals surface area contributed by atoms with Crippen LogP contribution >= 0.6 is 0 Å². The number of nitrogens with zero attached hydrogens (tertiary/aromatic N) is 3. The zero-order valence-corrected chi connectivity index (χ0v) is 23.0. The van der Waals surface area contributed by atoms with Crippen LogP contribution in [0.3, 0.4) is 0 Å². The first-order valence-corrected chi connectivity index (χ1v) is 12.8. The van der Waals surface area contributed by atoms with E-state index in [1.54, 1.807) is 30.5 Å². The normalized spacial score (nSPS) is 10.9. The molecule has 4 N–H and O–H groups in total. The van der Waals surface area contributed by atoms with Crippen molar-refractivity contribution in [1.29, 1.82) is 5.41 Å². The monoisotopic (exact) mass is 530 g/mol. The average Bonchev–Trinajstić information content (AvgIpc) is 3.39. The average molecular weight is 531 g/mol. The van der Waals surface area contributed by atoms with Gasteiger partial charge in [0.2, 0.25) is 5.95 Å². The van der Waals surface area contributed by atoms with E-state index in [-0.39, 0.29) is 24.2 Å². The second kappa shape index (κ2) is 11.9. The molecule has 204 valence electrons. The number of rotatable bonds is 11. The van der Waals surface area contributed by atoms with E-state index < -0.39 is 5.82 Å². The van der Waals surface area contributed by atoms with Crippen molar-refractivity contribution in [3.05, 3.63) is 83.8 Å². The molecule has 0 aliphatic carbocycles. The molecule has 3 aromatic carbocycles. The highest BCUT2D eigenvalue weighted by atomic mass is 19.1. The number of nitrogens with one attached hydrogen (secondary N) is 2. The van der Waals surface area contributed by atoms with Crippen LogP contribution in [0.2, 0.25) is 0 Å². The molecule has 8 nitrogen and oxygen atoms in total. The number of nitrogens with two attached hydrogens (primary N) is 1. The van der Waals surface area contributed by atoms with E-state index in [0.717, 1.165) is 22.6 Å². The molecule has 39 heavy (non-hydrogen) atoms. The number of anilines is 3. The Morgan fingerprint density at radius 1 is 1.10 bits per heavy atom. The summed E-state index contributed by atoms with van der Waals surface area (Å²) in [6, 6.07) is 18.5. The van der Waals surface area contributed by atoms with E-state index in [1.165, 1.54) is 0 Å². The van der Waals surface area contributed by atoms with E-state index >= 15 is 4.39 Å². The van der Waals surface area contributed by atoms with Gasteiger partial charge in [0.05, 0.1) is 31.1 Å². The van der Waals surface area contributed by atoms with Crippen molar-refractivity contribution in [3.8, 4) is 22.8 Å². The molecule has 0 aliphatic rings. The molecule has 1 heterocycles. The summed E-state index contributed by atoms with van der Waals surface area (Å²) in [5.41, 5.74) is 10.3. The summed E-state index contributed by atoms with van der Waals surface area (Å²) in [6.45, 7) is 6.17. The zero-order valence-electron chi connectivity index (χ0n) is 23.0. The molecule has 0 saturated carbocycles. The highest BCUT2D eigenvalue weighted by Gasteiger charge is 2.21. The van der Waals surface area contributed by atoms with E-state index in [1.807, 2.05) is 81.1 Å². The number of amidine groups is 1. The van der Waals surface area contributed by atoms with Crippen molar-refractivity contribution in [2.45, 2.75) is 33.4 Å². The summed E-state index contributed by atoms with van der Waals surface area (Å²) in [5, 5.41) is 7.74. The number of H-pyrrole nitrogens is 1. The molecule has 1 aromatic heterocycles. The maximum absolute atomic E-state index is 15.7. The molecular formula is C30H35FN6O2. The van der Waals surface area contributed by atoms with Crippen LogP contribution in [0, 0.1) is 11.2 Å². The number of halogens is 1. The number of nitrogen functional groups attached to an aromatic ring is 1. The summed E-state index contributed by atoms with van der Waals surface area (Å²) in [4.78, 5) is 12.0. The fraction of sp³-hybridized carbons (Fsp3) is 0.267. The van der Waals surface area contributed by atoms with Crippen molar-refractivity contribution in [2.24, 2.45) is 5.73 Å². The third-order valence-corrected chi connectivity index (χ3v) is 6.07. The van der Waals surface area contributed by atoms with Crippen molar-refractivity contribution in [1.82, 2.24) is 9.97 Å². The van der Waals surface area contributed by atoms with Gasteiger partial charge in [-0.15, -0.1) is 0 Å². The van der Waals surface area contributed by atoms with Gasteiger partial charge in [-0.2, -0.15) is 0 Å². The molecule has 0 bridgehead atoms. The molecular weight excluding hydrogens is 495 g/mol. The fourth-order valence-corrected chi connectivity index (χ4v) is 4.29. The van der Waals surface area contributed by atoms with Gasteiger partial charge >= 0.3 is 0 Å². The van der Waals surface area contributed by atoms with Crippen LogP contribution in [0.1, 0.15) is 31.9 Å². The molecule has 0 unspecified atom stereocenters. The standard InChI is InChI=1S/C30H35FN6O2/c1-6-38-23-15-21(28(31)27(16-23)39-19(2)3)18-37(22-13-11-20(12-14-22)29(32)33)30-34-17-25(35-30)24-9-7-8-10-26(24)36(4)5/h7-17,19H,6,18H2,1-5H3,(H3,32,33)(H,34,35). The fourth-order valence-electron chi connectivity index (χ4n) is 4.29. The van der Waals surface area contributed by atoms with Gasteiger partial charge in [-0.05, 0) is 57.2 Å². The van der Waals surface area contributed by atoms with Gasteiger partial charge in [-0.25, -0.2) is 9.37 Å². The smallest absolute Gasteiger partial charge is 0.208 e. The number of ether oxygens (including phenoxy) is 2. The lowest BCUT2D eigenvalue weighted by Crippen LogP contribution is -2.20. The molecule has 4 aromatic rings. The largest absolute Gasteiger partial charge is 0.494 e. The molecule has 4 rings (SSSR count). The molecule has 0 atom stereocenters. The van der Waals surface area contributed by atoms with E-state index in [2.05, 4.69) is 9.97 Å². The van der Waals surface area contributed by atoms with Crippen LogP contribution in [0.5, 0.6) is 11.5 Å². The number of hydrogen-bond acceptors (Lipinski definition) is 6. The zero-order chi connectivity index (χ0) is 28.1. The Labute approximate surface area is 228 Å². The molecule has 9 heteroatoms. The van der Waals surface area contributed by atoms with Crippen molar-refractivity contribution in [2.75, 3.05) is 30.5 Å². The number of hydrogen-bond donors (Lipinski definition) is 3. The SMILES string of the molecule is CCOc1cc(CN(c2ccc(C(=N)N)cc2)c2ncc(-c3ccccc3N(C)C)[nH]2)c(F)c(OC(C)C)c1. The first-order chi connectivity index (χ1) is 18.7. The van der Waals surface area contributed by atoms with Crippen LogP contribution < -0.4 is 25.0 Å². The maximum atomic E-state index is 15.7. The van der Waals surface area contributed by atoms with E-state index in [4.69, 9.17) is 20.6 Å². The highest BCUT2D eigenvalue weighted by molar-refractivity contribution is 5.95. The minimum atomic E-state index is -0.456. The lowest BCUT2D eigenvalue weighted by molar-refractivity contribution is 0.228. The summed E-state index contributed by atoms with van der Waals surface area (Å²) >= 11 is 0. The van der Waals surface area contributed by atoms with Gasteiger partial charge in [-0.3, -0.25) is 5.41 Å². The van der Waals surface area contributed by atoms with E-state index in [0.29, 0.717) is 29.4 Å². The highest BCUT2D eigenvalue weighted by Crippen LogP contribution is 2.35. The first-order valence-electron chi connectivity index (χ1n) is 12.8. The van der Waals surface area contributed by atoms with Crippen LogP contribution in [0.15, 0.2) is 66.9 Å². The predicted octanol–water partition coefficient (Wildman–Crippen LogP) is 6.09. The topological polar surface area (TPSA) is 103 Å². The summed E-state index contributed by atoms with van der Waals surface area (Å²) < 4.78 is 27.2. The lowest BCUT2D eigenvalue weighted by Gasteiger charge is -2.24. The minimum absolute atomic E-state index is 0.0281. The van der Waals surface area contributed by atoms with Crippen LogP contribution in [0.4, 0.5) is 21.7 Å². The molecule has 0 saturated heterocycles. The Hall–Kier alpha value is -4.53. The quantitative estimate of drug-likeness (QED) is 0.160. The number of aromatic nitrogens is 2. The number of benzene rings is 3. The molecule has 0 radical (unpaired) electrons. The summed E-state index contributed by atoms with van der Waals surface area (Å²) in [6.07, 6.45) is 1.57. The Morgan fingerprint density at radius 3 is 2.46 bits per heavy atom. The molecule has 0 aliphatic heterocycles. The van der Waals surface area contributed by atoms with Crippen molar-refractivity contribution in [3.63, 3.8) is 0 Å². The number of para-hydroxylation sites is 1. The van der Waals surface area contributed by atoms with Crippen LogP contribution in [-0.2, 0) is 6.54 Å². The Kier molecular flexibility index (Phi) is 8.39. The molecule has 0 amide bonds. The number of imidazole rings is 1. The van der Waals surface area contributed by atoms with Gasteiger partial charge in [0.1, 0.15) is 11.6 Å². The van der Waals surface area contributed by atoms with Crippen LogP contribution in [0.25, 0.3) is 11.3 Å². The second-order valence-corrected chi connectivity index (χ2v) is 9.57. The van der Waals surface area contributed by atoms with Gasteiger partial charge in [0.15, 0.2) is 11.6 Å². The third kappa shape index (κ3) is 6.31. The van der Waals surface area contributed by atoms with Crippen LogP contribution in [-0.4, -0.2) is 42.6 Å². The minimum Gasteiger partial charge on any atom is -0.494 e. The Bertz CT molecular complexity index is 1430. The van der Waals surface area contributed by atoms with E-state index in [9.17, 15) is 0 Å². The predicted molar refractivity (Wildman–Crippen MR) is 155 cm³/mol. The van der Waals surface area contributed by atoms with Gasteiger partial charge < -0.3 is 30.0 Å². The maximum Gasteiger partial charge on any atom is 0.208 e. The van der Waals surface area contributed by atoms with Crippen molar-refractivity contribution < 1.29 is 13.9 Å². The van der Waals surface area contributed by atoms with Gasteiger partial charge in [-0.1, -0.05) is 18.2 Å². The summed E-state index contributed by atoms with van der Waals surface area (Å²) in [5.74, 6) is 0.706. The second-order valence-electron chi connectivity index (χ2n) is 9.57. The Morgan fingerprint density at radius 2 is 1.82 bits per heavy atom. The molecule has 0 spiro atoms. The molecule has 0 fully saturated rings. The number of aromatic amines is 1. The van der Waals surface area contributed by atoms with Gasteiger partial charge in [0.25, 0.3) is 0 Å². The van der Waals surface area contributed by atoms with Crippen molar-refractivity contribution >= 4 is 23.2 Å². The first kappa shape index (κ1) is 27.5. The van der Waals surface area contributed by atoms with Gasteiger partial charge in [0, 0.05) is 48.2 Å². The third-order valence-electron chi connectivity index (χ3n) is 6.07. The summed E-state index contributed by atoms with van der Waals surface area (Å²) in [7, 11) is 3.98. The Balaban J connectivity index is 1.80. The lowest BCUT2D eigenvalue weighted by atomic mass is 10.1.